The van der Waals surface area contributed by atoms with Gasteiger partial charge in [0.15, 0.2) is 0 Å². The van der Waals surface area contributed by atoms with E-state index in [0.717, 1.165) is 9.99 Å². The molecule has 0 aliphatic carbocycles. The molecule has 0 aliphatic heterocycles. The van der Waals surface area contributed by atoms with Crippen molar-refractivity contribution in [2.45, 2.75) is 0 Å². The summed E-state index contributed by atoms with van der Waals surface area (Å²) in [6.45, 7) is 0. The number of halogens is 2. The third-order valence-corrected chi connectivity index (χ3v) is 3.28. The maximum absolute atomic E-state index is 8.94. The first-order valence-electron chi connectivity index (χ1n) is 3.86. The Hall–Kier alpha value is -1.05. The lowest BCUT2D eigenvalue weighted by Crippen LogP contribution is -1.92. The molecule has 2 aromatic rings. The Labute approximate surface area is 94.0 Å². The molecular formula is C9H5BrClN3. The van der Waals surface area contributed by atoms with E-state index < -0.39 is 0 Å². The Bertz CT molecular complexity index is 553. The van der Waals surface area contributed by atoms with E-state index in [0.29, 0.717) is 16.1 Å². The van der Waals surface area contributed by atoms with Crippen molar-refractivity contribution in [1.82, 2.24) is 9.78 Å². The summed E-state index contributed by atoms with van der Waals surface area (Å²) in [7, 11) is 1.72. The summed E-state index contributed by atoms with van der Waals surface area (Å²) in [5.41, 5.74) is 1.21. The molecule has 1 aromatic heterocycles. The van der Waals surface area contributed by atoms with Gasteiger partial charge < -0.3 is 0 Å². The quantitative estimate of drug-likeness (QED) is 0.738. The lowest BCUT2D eigenvalue weighted by atomic mass is 10.2. The maximum Gasteiger partial charge on any atom is 0.147 e. The van der Waals surface area contributed by atoms with E-state index in [-0.39, 0.29) is 0 Å². The normalized spacial score (nSPS) is 10.4. The van der Waals surface area contributed by atoms with Gasteiger partial charge in [0.2, 0.25) is 0 Å². The molecule has 0 saturated carbocycles. The summed E-state index contributed by atoms with van der Waals surface area (Å²) in [5, 5.41) is 14.3. The SMILES string of the molecule is Cn1nc2ccc(Br)c(Cl)c2c1C#N. The van der Waals surface area contributed by atoms with Gasteiger partial charge in [-0.25, -0.2) is 0 Å². The van der Waals surface area contributed by atoms with Gasteiger partial charge in [0.25, 0.3) is 0 Å². The highest BCUT2D eigenvalue weighted by Gasteiger charge is 2.13. The van der Waals surface area contributed by atoms with Gasteiger partial charge in [-0.15, -0.1) is 0 Å². The highest BCUT2D eigenvalue weighted by atomic mass is 79.9. The molecule has 0 radical (unpaired) electrons. The van der Waals surface area contributed by atoms with Crippen LogP contribution in [0.15, 0.2) is 16.6 Å². The van der Waals surface area contributed by atoms with Gasteiger partial charge in [0.1, 0.15) is 11.8 Å². The van der Waals surface area contributed by atoms with Gasteiger partial charge in [0, 0.05) is 11.5 Å². The van der Waals surface area contributed by atoms with E-state index in [9.17, 15) is 0 Å². The van der Waals surface area contributed by atoms with Crippen molar-refractivity contribution in [1.29, 1.82) is 5.26 Å². The van der Waals surface area contributed by atoms with Crippen molar-refractivity contribution in [3.8, 4) is 6.07 Å². The van der Waals surface area contributed by atoms with Gasteiger partial charge in [-0.05, 0) is 28.1 Å². The molecule has 0 N–H and O–H groups in total. The van der Waals surface area contributed by atoms with E-state index in [4.69, 9.17) is 16.9 Å². The van der Waals surface area contributed by atoms with Gasteiger partial charge >= 0.3 is 0 Å². The van der Waals surface area contributed by atoms with Crippen molar-refractivity contribution in [2.24, 2.45) is 7.05 Å². The van der Waals surface area contributed by atoms with Crippen molar-refractivity contribution in [3.05, 3.63) is 27.3 Å². The highest BCUT2D eigenvalue weighted by molar-refractivity contribution is 9.10. The minimum Gasteiger partial charge on any atom is -0.257 e. The maximum atomic E-state index is 8.94. The zero-order valence-electron chi connectivity index (χ0n) is 7.25. The van der Waals surface area contributed by atoms with Crippen LogP contribution in [0.4, 0.5) is 0 Å². The van der Waals surface area contributed by atoms with Crippen molar-refractivity contribution in [2.75, 3.05) is 0 Å². The lowest BCUT2D eigenvalue weighted by molar-refractivity contribution is 0.767. The summed E-state index contributed by atoms with van der Waals surface area (Å²) in [6.07, 6.45) is 0. The summed E-state index contributed by atoms with van der Waals surface area (Å²) < 4.78 is 2.30. The summed E-state index contributed by atoms with van der Waals surface area (Å²) >= 11 is 9.38. The minimum atomic E-state index is 0.478. The second-order valence-electron chi connectivity index (χ2n) is 2.84. The number of aromatic nitrogens is 2. The Morgan fingerprint density at radius 1 is 1.57 bits per heavy atom. The second kappa shape index (κ2) is 3.26. The Kier molecular flexibility index (Phi) is 2.22. The van der Waals surface area contributed by atoms with Crippen molar-refractivity contribution >= 4 is 38.4 Å². The third kappa shape index (κ3) is 1.21. The summed E-state index contributed by atoms with van der Waals surface area (Å²) in [5.74, 6) is 0. The second-order valence-corrected chi connectivity index (χ2v) is 4.07. The van der Waals surface area contributed by atoms with Gasteiger partial charge in [-0.2, -0.15) is 10.4 Å². The van der Waals surface area contributed by atoms with Gasteiger partial charge in [-0.3, -0.25) is 4.68 Å². The molecule has 0 atom stereocenters. The number of fused-ring (bicyclic) bond motifs is 1. The first-order chi connectivity index (χ1) is 6.65. The van der Waals surface area contributed by atoms with Crippen LogP contribution < -0.4 is 0 Å². The Balaban J connectivity index is 3.00. The average molecular weight is 271 g/mol. The van der Waals surface area contributed by atoms with Crippen LogP contribution in [0.25, 0.3) is 10.9 Å². The molecule has 1 heterocycles. The van der Waals surface area contributed by atoms with Crippen LogP contribution in [0.2, 0.25) is 5.02 Å². The van der Waals surface area contributed by atoms with E-state index in [2.05, 4.69) is 27.1 Å². The molecular weight excluding hydrogens is 265 g/mol. The molecule has 0 fully saturated rings. The Morgan fingerprint density at radius 2 is 2.29 bits per heavy atom. The van der Waals surface area contributed by atoms with Gasteiger partial charge in [-0.1, -0.05) is 11.6 Å². The molecule has 0 amide bonds. The number of hydrogen-bond acceptors (Lipinski definition) is 2. The summed E-state index contributed by atoms with van der Waals surface area (Å²) in [4.78, 5) is 0. The number of aryl methyl sites for hydroxylation is 1. The molecule has 1 aromatic carbocycles. The molecule has 5 heteroatoms. The monoisotopic (exact) mass is 269 g/mol. The van der Waals surface area contributed by atoms with E-state index in [1.54, 1.807) is 7.05 Å². The Morgan fingerprint density at radius 3 is 2.93 bits per heavy atom. The largest absolute Gasteiger partial charge is 0.257 e. The van der Waals surface area contributed by atoms with Crippen LogP contribution in [-0.2, 0) is 7.05 Å². The number of benzene rings is 1. The molecule has 0 saturated heterocycles. The molecule has 0 aliphatic rings. The fourth-order valence-corrected chi connectivity index (χ4v) is 1.93. The van der Waals surface area contributed by atoms with Crippen LogP contribution in [0.5, 0.6) is 0 Å². The summed E-state index contributed by atoms with van der Waals surface area (Å²) in [6, 6.07) is 5.73. The predicted octanol–water partition coefficient (Wildman–Crippen LogP) is 2.86. The van der Waals surface area contributed by atoms with E-state index in [1.165, 1.54) is 4.68 Å². The molecule has 0 unspecified atom stereocenters. The average Bonchev–Trinajstić information content (AvgIpc) is 2.48. The van der Waals surface area contributed by atoms with Crippen LogP contribution in [0.3, 0.4) is 0 Å². The minimum absolute atomic E-state index is 0.478. The van der Waals surface area contributed by atoms with E-state index in [1.807, 2.05) is 12.1 Å². The van der Waals surface area contributed by atoms with Crippen LogP contribution in [-0.4, -0.2) is 9.78 Å². The van der Waals surface area contributed by atoms with Crippen LogP contribution in [0, 0.1) is 11.3 Å². The third-order valence-electron chi connectivity index (χ3n) is 2.00. The molecule has 0 bridgehead atoms. The number of nitrogens with zero attached hydrogens (tertiary/aromatic N) is 3. The zero-order valence-corrected chi connectivity index (χ0v) is 9.59. The number of nitriles is 1. The number of rotatable bonds is 0. The molecule has 70 valence electrons. The number of hydrogen-bond donors (Lipinski definition) is 0. The van der Waals surface area contributed by atoms with Crippen LogP contribution >= 0.6 is 27.5 Å². The van der Waals surface area contributed by atoms with Gasteiger partial charge in [0.05, 0.1) is 15.9 Å². The first-order valence-corrected chi connectivity index (χ1v) is 5.03. The highest BCUT2D eigenvalue weighted by Crippen LogP contribution is 2.32. The van der Waals surface area contributed by atoms with Crippen molar-refractivity contribution in [3.63, 3.8) is 0 Å². The molecule has 2 rings (SSSR count). The fourth-order valence-electron chi connectivity index (χ4n) is 1.35. The molecule has 14 heavy (non-hydrogen) atoms. The predicted molar refractivity (Wildman–Crippen MR) is 58.1 cm³/mol. The van der Waals surface area contributed by atoms with Crippen LogP contribution in [0.1, 0.15) is 5.69 Å². The van der Waals surface area contributed by atoms with Crippen molar-refractivity contribution < 1.29 is 0 Å². The standard InChI is InChI=1S/C9H5BrClN3/c1-14-7(4-12)8-6(13-14)3-2-5(10)9(8)11/h2-3H,1H3. The zero-order chi connectivity index (χ0) is 10.3. The fraction of sp³-hybridized carbons (Fsp3) is 0.111. The lowest BCUT2D eigenvalue weighted by Gasteiger charge is -1.96. The first kappa shape index (κ1) is 9.50. The molecule has 0 spiro atoms. The topological polar surface area (TPSA) is 41.6 Å². The molecule has 3 nitrogen and oxygen atoms in total. The smallest absolute Gasteiger partial charge is 0.147 e. The van der Waals surface area contributed by atoms with E-state index >= 15 is 0 Å².